The Kier molecular flexibility index (Phi) is 12.2. The van der Waals surface area contributed by atoms with E-state index >= 15 is 0 Å². The Morgan fingerprint density at radius 3 is 2.08 bits per heavy atom. The van der Waals surface area contributed by atoms with Crippen LogP contribution < -0.4 is 10.6 Å². The van der Waals surface area contributed by atoms with E-state index in [0.717, 1.165) is 25.7 Å². The van der Waals surface area contributed by atoms with Crippen molar-refractivity contribution in [2.24, 2.45) is 5.92 Å². The first-order valence-corrected chi connectivity index (χ1v) is 13.2. The first-order valence-electron chi connectivity index (χ1n) is 13.2. The Labute approximate surface area is 214 Å². The van der Waals surface area contributed by atoms with Crippen molar-refractivity contribution in [3.63, 3.8) is 0 Å². The fourth-order valence-electron chi connectivity index (χ4n) is 4.08. The van der Waals surface area contributed by atoms with Gasteiger partial charge in [0.1, 0.15) is 6.04 Å². The van der Waals surface area contributed by atoms with E-state index in [1.54, 1.807) is 41.0 Å². The molecule has 1 saturated heterocycles. The molecule has 0 spiro atoms. The van der Waals surface area contributed by atoms with Gasteiger partial charge < -0.3 is 25.2 Å². The minimum atomic E-state index is -0.563. The van der Waals surface area contributed by atoms with Crippen LogP contribution in [0.15, 0.2) is 24.3 Å². The average molecular weight is 503 g/mol. The zero-order chi connectivity index (χ0) is 26.5. The topological polar surface area (TPSA) is 108 Å². The van der Waals surface area contributed by atoms with Crippen molar-refractivity contribution in [2.75, 3.05) is 38.1 Å². The van der Waals surface area contributed by atoms with Crippen molar-refractivity contribution in [3.8, 4) is 0 Å². The summed E-state index contributed by atoms with van der Waals surface area (Å²) in [4.78, 5) is 53.4. The van der Waals surface area contributed by atoms with Gasteiger partial charge in [-0.05, 0) is 43.5 Å². The molecule has 1 heterocycles. The quantitative estimate of drug-likeness (QED) is 0.331. The van der Waals surface area contributed by atoms with E-state index in [1.807, 2.05) is 13.8 Å². The summed E-state index contributed by atoms with van der Waals surface area (Å²) < 4.78 is 4.97. The molecule has 0 radical (unpaired) electrons. The minimum Gasteiger partial charge on any atom is -0.462 e. The highest BCUT2D eigenvalue weighted by atomic mass is 16.5. The van der Waals surface area contributed by atoms with E-state index in [-0.39, 0.29) is 23.8 Å². The number of nitrogens with one attached hydrogen (secondary N) is 2. The smallest absolute Gasteiger partial charge is 0.338 e. The van der Waals surface area contributed by atoms with Crippen LogP contribution in [-0.4, -0.2) is 72.4 Å². The van der Waals surface area contributed by atoms with Gasteiger partial charge in [0.2, 0.25) is 11.8 Å². The summed E-state index contributed by atoms with van der Waals surface area (Å²) in [6.45, 7) is 9.68. The summed E-state index contributed by atoms with van der Waals surface area (Å²) in [7, 11) is 0. The maximum atomic E-state index is 13.1. The lowest BCUT2D eigenvalue weighted by Gasteiger charge is -2.37. The number of carbonyl (C=O) groups excluding carboxylic acids is 4. The van der Waals surface area contributed by atoms with Crippen LogP contribution in [0.2, 0.25) is 0 Å². The van der Waals surface area contributed by atoms with Gasteiger partial charge in [-0.3, -0.25) is 9.59 Å². The number of ether oxygens (including phenoxy) is 1. The number of piperazine rings is 1. The highest BCUT2D eigenvalue weighted by Crippen LogP contribution is 2.14. The van der Waals surface area contributed by atoms with E-state index in [2.05, 4.69) is 17.6 Å². The molecule has 36 heavy (non-hydrogen) atoms. The number of carbonyl (C=O) groups is 4. The highest BCUT2D eigenvalue weighted by molar-refractivity contribution is 5.92. The molecular formula is C27H42N4O5. The zero-order valence-corrected chi connectivity index (χ0v) is 22.2. The lowest BCUT2D eigenvalue weighted by molar-refractivity contribution is -0.138. The summed E-state index contributed by atoms with van der Waals surface area (Å²) in [6.07, 6.45) is 5.78. The van der Waals surface area contributed by atoms with Crippen molar-refractivity contribution in [2.45, 2.75) is 72.3 Å². The number of esters is 1. The van der Waals surface area contributed by atoms with Crippen LogP contribution in [0.1, 0.15) is 76.6 Å². The molecule has 2 rings (SSSR count). The first kappa shape index (κ1) is 29.1. The number of benzene rings is 1. The largest absolute Gasteiger partial charge is 0.462 e. The number of amides is 4. The van der Waals surface area contributed by atoms with Crippen LogP contribution in [0, 0.1) is 5.92 Å². The van der Waals surface area contributed by atoms with Crippen molar-refractivity contribution < 1.29 is 23.9 Å². The second-order valence-corrected chi connectivity index (χ2v) is 9.49. The number of urea groups is 1. The monoisotopic (exact) mass is 502 g/mol. The van der Waals surface area contributed by atoms with Gasteiger partial charge in [0.25, 0.3) is 0 Å². The molecule has 1 aromatic carbocycles. The summed E-state index contributed by atoms with van der Waals surface area (Å²) in [5.74, 6) is -0.607. The van der Waals surface area contributed by atoms with E-state index in [1.165, 1.54) is 6.42 Å². The Balaban J connectivity index is 1.82. The number of hydrogen-bond donors (Lipinski definition) is 2. The second-order valence-electron chi connectivity index (χ2n) is 9.49. The van der Waals surface area contributed by atoms with Crippen LogP contribution in [0.3, 0.4) is 0 Å². The molecule has 200 valence electrons. The zero-order valence-electron chi connectivity index (χ0n) is 22.2. The Hall–Kier alpha value is -3.10. The molecule has 1 aliphatic heterocycles. The van der Waals surface area contributed by atoms with Crippen molar-refractivity contribution in [1.82, 2.24) is 15.1 Å². The number of rotatable bonds is 12. The number of anilines is 1. The predicted octanol–water partition coefficient (Wildman–Crippen LogP) is 4.04. The molecule has 9 heteroatoms. The number of unbranched alkanes of at least 4 members (excludes halogenated alkanes) is 4. The van der Waals surface area contributed by atoms with E-state index < -0.39 is 12.0 Å². The standard InChI is InChI=1S/C27H42N4O5/c1-5-7-8-9-10-11-23(32)29-24(20(3)4)25(33)30-16-18-31(19-17-30)27(35)28-22-14-12-21(13-15-22)26(34)36-6-2/h12-15,20,24H,5-11,16-19H2,1-4H3,(H,28,35)(H,29,32). The fraction of sp³-hybridized carbons (Fsp3) is 0.630. The summed E-state index contributed by atoms with van der Waals surface area (Å²) >= 11 is 0. The van der Waals surface area contributed by atoms with Crippen LogP contribution in [0.5, 0.6) is 0 Å². The third-order valence-corrected chi connectivity index (χ3v) is 6.28. The average Bonchev–Trinajstić information content (AvgIpc) is 2.87. The molecule has 4 amide bonds. The molecule has 0 aliphatic carbocycles. The van der Waals surface area contributed by atoms with Gasteiger partial charge in [-0.25, -0.2) is 9.59 Å². The summed E-state index contributed by atoms with van der Waals surface area (Å²) in [5, 5.41) is 5.76. The van der Waals surface area contributed by atoms with Crippen molar-refractivity contribution >= 4 is 29.5 Å². The minimum absolute atomic E-state index is 0.0274. The van der Waals surface area contributed by atoms with Gasteiger partial charge in [0.05, 0.1) is 12.2 Å². The SMILES string of the molecule is CCCCCCCC(=O)NC(C(=O)N1CCN(C(=O)Nc2ccc(C(=O)OCC)cc2)CC1)C(C)C. The normalized spacial score (nSPS) is 14.4. The number of hydrogen-bond acceptors (Lipinski definition) is 5. The molecular weight excluding hydrogens is 460 g/mol. The van der Waals surface area contributed by atoms with Crippen molar-refractivity contribution in [3.05, 3.63) is 29.8 Å². The Bertz CT molecular complexity index is 863. The van der Waals surface area contributed by atoms with Crippen LogP contribution >= 0.6 is 0 Å². The van der Waals surface area contributed by atoms with Gasteiger partial charge >= 0.3 is 12.0 Å². The van der Waals surface area contributed by atoms with Gasteiger partial charge in [0, 0.05) is 38.3 Å². The maximum Gasteiger partial charge on any atom is 0.338 e. The fourth-order valence-corrected chi connectivity index (χ4v) is 4.08. The summed E-state index contributed by atoms with van der Waals surface area (Å²) in [5.41, 5.74) is 0.995. The molecule has 2 N–H and O–H groups in total. The van der Waals surface area contributed by atoms with E-state index in [4.69, 9.17) is 4.74 Å². The maximum absolute atomic E-state index is 13.1. The molecule has 9 nitrogen and oxygen atoms in total. The van der Waals surface area contributed by atoms with Crippen LogP contribution in [-0.2, 0) is 14.3 Å². The molecule has 0 aromatic heterocycles. The lowest BCUT2D eigenvalue weighted by atomic mass is 10.0. The van der Waals surface area contributed by atoms with Gasteiger partial charge in [0.15, 0.2) is 0 Å². The Morgan fingerprint density at radius 2 is 1.50 bits per heavy atom. The highest BCUT2D eigenvalue weighted by Gasteiger charge is 2.31. The first-order chi connectivity index (χ1) is 17.3. The number of nitrogens with zero attached hydrogens (tertiary/aromatic N) is 2. The third-order valence-electron chi connectivity index (χ3n) is 6.28. The third kappa shape index (κ3) is 9.17. The Morgan fingerprint density at radius 1 is 0.889 bits per heavy atom. The molecule has 0 saturated carbocycles. The van der Waals surface area contributed by atoms with E-state index in [0.29, 0.717) is 50.5 Å². The van der Waals surface area contributed by atoms with Gasteiger partial charge in [-0.2, -0.15) is 0 Å². The lowest BCUT2D eigenvalue weighted by Crippen LogP contribution is -2.57. The second kappa shape index (κ2) is 15.1. The van der Waals surface area contributed by atoms with E-state index in [9.17, 15) is 19.2 Å². The van der Waals surface area contributed by atoms with Crippen molar-refractivity contribution in [1.29, 1.82) is 0 Å². The molecule has 1 aromatic rings. The van der Waals surface area contributed by atoms with Gasteiger partial charge in [-0.15, -0.1) is 0 Å². The predicted molar refractivity (Wildman–Crippen MR) is 140 cm³/mol. The molecule has 1 atom stereocenters. The summed E-state index contributed by atoms with van der Waals surface area (Å²) in [6, 6.07) is 5.70. The molecule has 0 bridgehead atoms. The molecule has 1 unspecified atom stereocenters. The molecule has 1 fully saturated rings. The van der Waals surface area contributed by atoms with Gasteiger partial charge in [-0.1, -0.05) is 46.5 Å². The van der Waals surface area contributed by atoms with Crippen LogP contribution in [0.4, 0.5) is 10.5 Å². The molecule has 1 aliphatic rings. The van der Waals surface area contributed by atoms with Crippen LogP contribution in [0.25, 0.3) is 0 Å².